The van der Waals surface area contributed by atoms with Gasteiger partial charge in [-0.1, -0.05) is 0 Å². The molecule has 0 heterocycles. The van der Waals surface area contributed by atoms with E-state index in [-0.39, 0.29) is 37.7 Å². The van der Waals surface area contributed by atoms with Gasteiger partial charge in [0.2, 0.25) is 0 Å². The monoisotopic (exact) mass is 194 g/mol. The Morgan fingerprint density at radius 3 is 1.27 bits per heavy atom. The molecule has 0 radical (unpaired) electrons. The van der Waals surface area contributed by atoms with Gasteiger partial charge in [-0.2, -0.15) is 0 Å². The molecule has 0 saturated carbocycles. The molecule has 0 aliphatic rings. The van der Waals surface area contributed by atoms with E-state index in [9.17, 15) is 0 Å². The number of hydrogen-bond acceptors (Lipinski definition) is 5. The number of aliphatic hydroxyl groups is 5. The zero-order chi connectivity index (χ0) is 8.15. The molecule has 0 rings (SSSR count). The van der Waals surface area contributed by atoms with Gasteiger partial charge in [-0.05, 0) is 0 Å². The molecule has 0 aromatic rings. The van der Waals surface area contributed by atoms with Gasteiger partial charge >= 0.3 is 37.7 Å². The Balaban J connectivity index is 0. The number of aliphatic hydroxyl groups excluding tert-OH is 5. The van der Waals surface area contributed by atoms with Gasteiger partial charge in [-0.15, -0.1) is 0 Å². The van der Waals surface area contributed by atoms with Crippen molar-refractivity contribution in [2.24, 2.45) is 0 Å². The van der Waals surface area contributed by atoms with Crippen molar-refractivity contribution in [3.05, 3.63) is 0 Å². The molecule has 0 aromatic carbocycles. The quantitative estimate of drug-likeness (QED) is 0.295. The van der Waals surface area contributed by atoms with Crippen LogP contribution >= 0.6 is 0 Å². The van der Waals surface area contributed by atoms with Gasteiger partial charge in [-0.3, -0.25) is 0 Å². The minimum atomic E-state index is -1.49. The summed E-state index contributed by atoms with van der Waals surface area (Å²) in [7, 11) is 0. The molecule has 11 heavy (non-hydrogen) atoms. The predicted octanol–water partition coefficient (Wildman–Crippen LogP) is -3.86. The standard InChI is InChI=1S/C5H12O5.Ca.2H/c6-1-3(8)5(10)4(9)2-7;;;/h3-10H,1-2H2;;;. The zero-order valence-corrected chi connectivity index (χ0v) is 5.38. The Hall–Kier alpha value is 1.06. The normalized spacial score (nSPS) is 18.3. The summed E-state index contributed by atoms with van der Waals surface area (Å²) in [5.74, 6) is 0. The van der Waals surface area contributed by atoms with Crippen molar-refractivity contribution in [2.75, 3.05) is 13.2 Å². The first kappa shape index (κ1) is 14.6. The van der Waals surface area contributed by atoms with Gasteiger partial charge in [0.25, 0.3) is 0 Å². The zero-order valence-electron chi connectivity index (χ0n) is 5.38. The predicted molar refractivity (Wildman–Crippen MR) is 40.7 cm³/mol. The van der Waals surface area contributed by atoms with Crippen molar-refractivity contribution in [1.82, 2.24) is 0 Å². The van der Waals surface area contributed by atoms with E-state index in [1.54, 1.807) is 0 Å². The van der Waals surface area contributed by atoms with Crippen LogP contribution in [0.2, 0.25) is 0 Å². The SMILES string of the molecule is OCC(O)C(O)C(O)CO.[CaH2]. The molecule has 2 atom stereocenters. The van der Waals surface area contributed by atoms with E-state index < -0.39 is 31.5 Å². The van der Waals surface area contributed by atoms with Crippen LogP contribution in [-0.4, -0.2) is 94.8 Å². The molecule has 0 amide bonds. The third-order valence-electron chi connectivity index (χ3n) is 1.16. The Morgan fingerprint density at radius 2 is 1.09 bits per heavy atom. The van der Waals surface area contributed by atoms with Gasteiger partial charge in [0.1, 0.15) is 18.3 Å². The van der Waals surface area contributed by atoms with Gasteiger partial charge in [0.05, 0.1) is 13.2 Å². The first-order chi connectivity index (χ1) is 4.63. The van der Waals surface area contributed by atoms with Crippen LogP contribution in [0.15, 0.2) is 0 Å². The Bertz CT molecular complexity index is 80.9. The molecule has 0 saturated heterocycles. The molecule has 6 heteroatoms. The first-order valence-corrected chi connectivity index (χ1v) is 2.89. The van der Waals surface area contributed by atoms with E-state index in [0.717, 1.165) is 0 Å². The van der Waals surface area contributed by atoms with E-state index in [4.69, 9.17) is 25.5 Å². The second kappa shape index (κ2) is 7.70. The van der Waals surface area contributed by atoms with E-state index in [1.165, 1.54) is 0 Å². The number of rotatable bonds is 4. The summed E-state index contributed by atoms with van der Waals surface area (Å²) in [6.45, 7) is -1.28. The van der Waals surface area contributed by atoms with Crippen LogP contribution in [0.3, 0.4) is 0 Å². The van der Waals surface area contributed by atoms with Crippen LogP contribution in [0, 0.1) is 0 Å². The van der Waals surface area contributed by atoms with Crippen molar-refractivity contribution >= 4 is 37.7 Å². The molecule has 0 aliphatic carbocycles. The summed E-state index contributed by atoms with van der Waals surface area (Å²) in [5, 5.41) is 42.6. The minimum absolute atomic E-state index is 0. The van der Waals surface area contributed by atoms with Gasteiger partial charge in [0.15, 0.2) is 0 Å². The van der Waals surface area contributed by atoms with Crippen LogP contribution in [-0.2, 0) is 0 Å². The summed E-state index contributed by atoms with van der Waals surface area (Å²) in [5.41, 5.74) is 0. The van der Waals surface area contributed by atoms with Crippen molar-refractivity contribution in [1.29, 1.82) is 0 Å². The van der Waals surface area contributed by atoms with Crippen molar-refractivity contribution in [3.8, 4) is 0 Å². The van der Waals surface area contributed by atoms with E-state index in [1.807, 2.05) is 0 Å². The van der Waals surface area contributed by atoms with Crippen LogP contribution < -0.4 is 0 Å². The van der Waals surface area contributed by atoms with Crippen LogP contribution in [0.4, 0.5) is 0 Å². The molecular formula is C5H14CaO5. The Morgan fingerprint density at radius 1 is 0.818 bits per heavy atom. The van der Waals surface area contributed by atoms with Crippen molar-refractivity contribution < 1.29 is 25.5 Å². The Labute approximate surface area is 94.3 Å². The van der Waals surface area contributed by atoms with E-state index in [2.05, 4.69) is 0 Å². The fourth-order valence-corrected chi connectivity index (χ4v) is 0.472. The van der Waals surface area contributed by atoms with Crippen LogP contribution in [0.5, 0.6) is 0 Å². The summed E-state index contributed by atoms with van der Waals surface area (Å²) in [6.07, 6.45) is -4.29. The molecule has 0 aliphatic heterocycles. The third kappa shape index (κ3) is 5.32. The molecule has 0 spiro atoms. The second-order valence-corrected chi connectivity index (χ2v) is 1.99. The summed E-state index contributed by atoms with van der Waals surface area (Å²) in [4.78, 5) is 0. The maximum absolute atomic E-state index is 8.77. The molecular weight excluding hydrogens is 180 g/mol. The molecule has 0 aromatic heterocycles. The van der Waals surface area contributed by atoms with Gasteiger partial charge in [0, 0.05) is 0 Å². The molecule has 2 unspecified atom stereocenters. The maximum atomic E-state index is 8.77. The van der Waals surface area contributed by atoms with E-state index in [0.29, 0.717) is 0 Å². The fourth-order valence-electron chi connectivity index (χ4n) is 0.472. The third-order valence-corrected chi connectivity index (χ3v) is 1.16. The molecule has 0 fully saturated rings. The molecule has 0 bridgehead atoms. The summed E-state index contributed by atoms with van der Waals surface area (Å²) < 4.78 is 0. The average Bonchev–Trinajstić information content (AvgIpc) is 2.00. The molecule has 66 valence electrons. The Kier molecular flexibility index (Phi) is 10.2. The average molecular weight is 194 g/mol. The fraction of sp³-hybridized carbons (Fsp3) is 1.00. The molecule has 5 nitrogen and oxygen atoms in total. The second-order valence-electron chi connectivity index (χ2n) is 1.99. The van der Waals surface area contributed by atoms with E-state index >= 15 is 0 Å². The number of hydrogen-bond donors (Lipinski definition) is 5. The van der Waals surface area contributed by atoms with Gasteiger partial charge < -0.3 is 25.5 Å². The summed E-state index contributed by atoms with van der Waals surface area (Å²) in [6, 6.07) is 0. The van der Waals surface area contributed by atoms with Crippen molar-refractivity contribution in [3.63, 3.8) is 0 Å². The van der Waals surface area contributed by atoms with Crippen LogP contribution in [0.1, 0.15) is 0 Å². The van der Waals surface area contributed by atoms with Gasteiger partial charge in [-0.25, -0.2) is 0 Å². The van der Waals surface area contributed by atoms with Crippen LogP contribution in [0.25, 0.3) is 0 Å². The van der Waals surface area contributed by atoms with Crippen molar-refractivity contribution in [2.45, 2.75) is 18.3 Å². The topological polar surface area (TPSA) is 101 Å². The molecule has 5 N–H and O–H groups in total. The summed E-state index contributed by atoms with van der Waals surface area (Å²) >= 11 is 0. The first-order valence-electron chi connectivity index (χ1n) is 2.89.